The van der Waals surface area contributed by atoms with E-state index in [0.717, 1.165) is 46.0 Å². The van der Waals surface area contributed by atoms with Crippen molar-refractivity contribution in [3.8, 4) is 5.69 Å². The molecule has 2 aromatic carbocycles. The number of allylic oxidation sites excluding steroid dienone is 2. The van der Waals surface area contributed by atoms with E-state index in [-0.39, 0.29) is 17.1 Å². The first kappa shape index (κ1) is 20.1. The third-order valence-electron chi connectivity index (χ3n) is 6.33. The van der Waals surface area contributed by atoms with Gasteiger partial charge in [0.15, 0.2) is 5.78 Å². The lowest BCUT2D eigenvalue weighted by Crippen LogP contribution is -2.34. The largest absolute Gasteiger partial charge is 0.343 e. The molecule has 0 unspecified atom stereocenters. The molecule has 0 bridgehead atoms. The Bertz CT molecular complexity index is 1230. The summed E-state index contributed by atoms with van der Waals surface area (Å²) < 4.78 is 1.97. The Morgan fingerprint density at radius 1 is 1.10 bits per heavy atom. The van der Waals surface area contributed by atoms with Crippen molar-refractivity contribution >= 4 is 23.2 Å². The molecule has 0 saturated heterocycles. The zero-order chi connectivity index (χ0) is 21.9. The average Bonchev–Trinajstić information content (AvgIpc) is 3.02. The van der Waals surface area contributed by atoms with Gasteiger partial charge < -0.3 is 5.32 Å². The monoisotopic (exact) mass is 431 g/mol. The van der Waals surface area contributed by atoms with Crippen LogP contribution in [0, 0.1) is 19.3 Å². The maximum absolute atomic E-state index is 13.4. The maximum atomic E-state index is 13.4. The van der Waals surface area contributed by atoms with Crippen molar-refractivity contribution in [3.05, 3.63) is 87.2 Å². The predicted octanol–water partition coefficient (Wildman–Crippen LogP) is 6.34. The molecule has 0 fully saturated rings. The van der Waals surface area contributed by atoms with Gasteiger partial charge in [-0.1, -0.05) is 55.3 Å². The van der Waals surface area contributed by atoms with Crippen LogP contribution in [0.25, 0.3) is 5.69 Å². The molecule has 158 valence electrons. The maximum Gasteiger partial charge on any atom is 0.162 e. The molecule has 5 heteroatoms. The molecule has 0 spiro atoms. The van der Waals surface area contributed by atoms with Gasteiger partial charge in [0, 0.05) is 34.2 Å². The van der Waals surface area contributed by atoms with Crippen LogP contribution in [0.2, 0.25) is 5.02 Å². The standard InChI is InChI=1S/C26H26ClN3O/c1-15-8-10-19(11-9-15)30-25-22(16(2)29-30)23(17-6-5-7-18(27)12-17)24-20(28-25)13-26(3,4)14-21(24)31/h5-12,23,28H,13-14H2,1-4H3/t23-/m0/s1. The van der Waals surface area contributed by atoms with Gasteiger partial charge in [-0.3, -0.25) is 4.79 Å². The summed E-state index contributed by atoms with van der Waals surface area (Å²) in [6.07, 6.45) is 1.37. The van der Waals surface area contributed by atoms with Gasteiger partial charge in [0.1, 0.15) is 5.82 Å². The zero-order valence-electron chi connectivity index (χ0n) is 18.3. The van der Waals surface area contributed by atoms with E-state index in [1.807, 2.05) is 29.8 Å². The van der Waals surface area contributed by atoms with Crippen LogP contribution >= 0.6 is 11.6 Å². The lowest BCUT2D eigenvalue weighted by molar-refractivity contribution is -0.118. The van der Waals surface area contributed by atoms with Gasteiger partial charge in [0.05, 0.1) is 11.4 Å². The van der Waals surface area contributed by atoms with Crippen molar-refractivity contribution in [2.45, 2.75) is 46.5 Å². The summed E-state index contributed by atoms with van der Waals surface area (Å²) in [4.78, 5) is 13.4. The highest BCUT2D eigenvalue weighted by Crippen LogP contribution is 2.50. The second kappa shape index (κ2) is 7.10. The van der Waals surface area contributed by atoms with Crippen molar-refractivity contribution in [3.63, 3.8) is 0 Å². The highest BCUT2D eigenvalue weighted by molar-refractivity contribution is 6.30. The molecule has 1 aliphatic carbocycles. The molecule has 0 saturated carbocycles. The number of fused-ring (bicyclic) bond motifs is 1. The van der Waals surface area contributed by atoms with Crippen molar-refractivity contribution in [1.29, 1.82) is 0 Å². The van der Waals surface area contributed by atoms with Gasteiger partial charge >= 0.3 is 0 Å². The van der Waals surface area contributed by atoms with Crippen molar-refractivity contribution < 1.29 is 4.79 Å². The molecule has 1 N–H and O–H groups in total. The minimum atomic E-state index is -0.173. The van der Waals surface area contributed by atoms with E-state index in [0.29, 0.717) is 11.4 Å². The Hall–Kier alpha value is -2.85. The summed E-state index contributed by atoms with van der Waals surface area (Å²) >= 11 is 6.37. The molecule has 2 aliphatic rings. The number of ketones is 1. The van der Waals surface area contributed by atoms with E-state index in [1.54, 1.807) is 0 Å². The van der Waals surface area contributed by atoms with Crippen LogP contribution in [0.3, 0.4) is 0 Å². The topological polar surface area (TPSA) is 46.9 Å². The van der Waals surface area contributed by atoms with Crippen molar-refractivity contribution in [2.24, 2.45) is 5.41 Å². The lowest BCUT2D eigenvalue weighted by Gasteiger charge is -2.38. The first-order valence-corrected chi connectivity index (χ1v) is 11.1. The minimum Gasteiger partial charge on any atom is -0.343 e. The van der Waals surface area contributed by atoms with E-state index >= 15 is 0 Å². The molecular formula is C26H26ClN3O. The lowest BCUT2D eigenvalue weighted by atomic mass is 9.69. The number of nitrogens with zero attached hydrogens (tertiary/aromatic N) is 2. The molecule has 1 atom stereocenters. The van der Waals surface area contributed by atoms with E-state index in [4.69, 9.17) is 16.7 Å². The number of anilines is 1. The van der Waals surface area contributed by atoms with Gasteiger partial charge in [0.25, 0.3) is 0 Å². The molecular weight excluding hydrogens is 406 g/mol. The fourth-order valence-corrected chi connectivity index (χ4v) is 5.16. The Labute approximate surface area is 187 Å². The van der Waals surface area contributed by atoms with Crippen LogP contribution in [0.1, 0.15) is 55.0 Å². The van der Waals surface area contributed by atoms with Gasteiger partial charge in [-0.25, -0.2) is 4.68 Å². The minimum absolute atomic E-state index is 0.0803. The summed E-state index contributed by atoms with van der Waals surface area (Å²) in [5, 5.41) is 9.19. The molecule has 0 amide bonds. The number of aryl methyl sites for hydroxylation is 2. The van der Waals surface area contributed by atoms with Gasteiger partial charge in [-0.15, -0.1) is 0 Å². The number of halogens is 1. The van der Waals surface area contributed by atoms with Gasteiger partial charge in [0.2, 0.25) is 0 Å². The fourth-order valence-electron chi connectivity index (χ4n) is 4.97. The number of rotatable bonds is 2. The highest BCUT2D eigenvalue weighted by Gasteiger charge is 2.43. The number of hydrogen-bond donors (Lipinski definition) is 1. The number of carbonyl (C=O) groups is 1. The summed E-state index contributed by atoms with van der Waals surface area (Å²) in [6.45, 7) is 8.41. The molecule has 3 aromatic rings. The third-order valence-corrected chi connectivity index (χ3v) is 6.57. The van der Waals surface area contributed by atoms with Crippen LogP contribution in [0.15, 0.2) is 59.8 Å². The van der Waals surface area contributed by atoms with Gasteiger partial charge in [-0.05, 0) is 55.5 Å². The Morgan fingerprint density at radius 2 is 1.84 bits per heavy atom. The number of nitrogens with one attached hydrogen (secondary N) is 1. The summed E-state index contributed by atoms with van der Waals surface area (Å²) in [6, 6.07) is 16.2. The zero-order valence-corrected chi connectivity index (χ0v) is 19.0. The molecule has 31 heavy (non-hydrogen) atoms. The van der Waals surface area contributed by atoms with Crippen LogP contribution in [0.4, 0.5) is 5.82 Å². The molecule has 2 heterocycles. The summed E-state index contributed by atoms with van der Waals surface area (Å²) in [5.41, 5.74) is 6.98. The van der Waals surface area contributed by atoms with E-state index in [1.165, 1.54) is 5.56 Å². The second-order valence-electron chi connectivity index (χ2n) is 9.54. The third kappa shape index (κ3) is 3.39. The van der Waals surface area contributed by atoms with Crippen LogP contribution in [0.5, 0.6) is 0 Å². The molecule has 5 rings (SSSR count). The Balaban J connectivity index is 1.76. The number of aromatic nitrogens is 2. The van der Waals surface area contributed by atoms with E-state index in [2.05, 4.69) is 56.4 Å². The van der Waals surface area contributed by atoms with E-state index < -0.39 is 0 Å². The molecule has 4 nitrogen and oxygen atoms in total. The quantitative estimate of drug-likeness (QED) is 0.514. The normalized spacial score (nSPS) is 19.6. The van der Waals surface area contributed by atoms with Crippen LogP contribution < -0.4 is 5.32 Å². The number of carbonyl (C=O) groups excluding carboxylic acids is 1. The van der Waals surface area contributed by atoms with Crippen LogP contribution in [-0.4, -0.2) is 15.6 Å². The molecule has 0 radical (unpaired) electrons. The first-order valence-electron chi connectivity index (χ1n) is 10.7. The SMILES string of the molecule is Cc1ccc(-n2nc(C)c3c2NC2=C(C(=O)CC(C)(C)C2)[C@H]3c2cccc(Cl)c2)cc1. The highest BCUT2D eigenvalue weighted by atomic mass is 35.5. The van der Waals surface area contributed by atoms with Gasteiger partial charge in [-0.2, -0.15) is 5.10 Å². The van der Waals surface area contributed by atoms with Crippen LogP contribution in [-0.2, 0) is 4.79 Å². The smallest absolute Gasteiger partial charge is 0.162 e. The summed E-state index contributed by atoms with van der Waals surface area (Å²) in [5.74, 6) is 0.972. The first-order chi connectivity index (χ1) is 14.7. The number of benzene rings is 2. The Morgan fingerprint density at radius 3 is 2.55 bits per heavy atom. The molecule has 1 aromatic heterocycles. The summed E-state index contributed by atoms with van der Waals surface area (Å²) in [7, 11) is 0. The second-order valence-corrected chi connectivity index (χ2v) is 9.98. The average molecular weight is 432 g/mol. The molecule has 1 aliphatic heterocycles. The van der Waals surface area contributed by atoms with Crippen molar-refractivity contribution in [2.75, 3.05) is 5.32 Å². The number of Topliss-reactive ketones (excluding diaryl/α,β-unsaturated/α-hetero) is 1. The van der Waals surface area contributed by atoms with E-state index in [9.17, 15) is 4.79 Å². The number of hydrogen-bond acceptors (Lipinski definition) is 3. The van der Waals surface area contributed by atoms with Crippen molar-refractivity contribution in [1.82, 2.24) is 9.78 Å². The Kier molecular flexibility index (Phi) is 4.60. The predicted molar refractivity (Wildman–Crippen MR) is 125 cm³/mol. The fraction of sp³-hybridized carbons (Fsp3) is 0.308.